The number of carbonyl (C=O) groups excluding carboxylic acids is 1. The summed E-state index contributed by atoms with van der Waals surface area (Å²) >= 11 is 5.76. The Labute approximate surface area is 154 Å². The minimum absolute atomic E-state index is 0. The summed E-state index contributed by atoms with van der Waals surface area (Å²) < 4.78 is 37.4. The zero-order chi connectivity index (χ0) is 16.3. The molecule has 1 fully saturated rings. The van der Waals surface area contributed by atoms with Crippen LogP contribution in [0, 0.1) is 0 Å². The second-order valence-corrected chi connectivity index (χ2v) is 5.52. The van der Waals surface area contributed by atoms with Crippen molar-refractivity contribution in [1.29, 1.82) is 0 Å². The van der Waals surface area contributed by atoms with Gasteiger partial charge in [-0.2, -0.15) is 13.2 Å². The molecule has 1 aromatic heterocycles. The highest BCUT2D eigenvalue weighted by molar-refractivity contribution is 6.32. The zero-order valence-corrected chi connectivity index (χ0v) is 14.9. The second-order valence-electron chi connectivity index (χ2n) is 5.12. The van der Waals surface area contributed by atoms with Crippen molar-refractivity contribution in [2.45, 2.75) is 25.1 Å². The van der Waals surface area contributed by atoms with Gasteiger partial charge in [0.25, 0.3) is 0 Å². The monoisotopic (exact) mass is 408 g/mol. The lowest BCUT2D eigenvalue weighted by molar-refractivity contribution is -0.137. The number of aromatic nitrogens is 1. The van der Waals surface area contributed by atoms with Crippen molar-refractivity contribution in [3.05, 3.63) is 22.8 Å². The number of hydrogen-bond acceptors (Lipinski definition) is 4. The van der Waals surface area contributed by atoms with Crippen molar-refractivity contribution < 1.29 is 18.0 Å². The van der Waals surface area contributed by atoms with Gasteiger partial charge in [-0.3, -0.25) is 4.79 Å². The van der Waals surface area contributed by atoms with Gasteiger partial charge in [0.05, 0.1) is 10.6 Å². The Morgan fingerprint density at radius 2 is 2.12 bits per heavy atom. The number of amides is 1. The molecule has 1 aliphatic heterocycles. The van der Waals surface area contributed by atoms with E-state index in [1.54, 1.807) is 4.90 Å². The SMILES string of the molecule is Cl.Cl.N[C@H]1CCN(C(=O)CCNc2ncc(C(F)(F)F)cc2Cl)C1. The fraction of sp³-hybridized carbons (Fsp3) is 0.538. The highest BCUT2D eigenvalue weighted by Crippen LogP contribution is 2.32. The Morgan fingerprint density at radius 3 is 2.62 bits per heavy atom. The van der Waals surface area contributed by atoms with Crippen molar-refractivity contribution in [1.82, 2.24) is 9.88 Å². The Balaban J connectivity index is 0.00000264. The number of rotatable bonds is 4. The molecule has 2 heterocycles. The molecule has 0 aliphatic carbocycles. The first kappa shape index (κ1) is 23.0. The summed E-state index contributed by atoms with van der Waals surface area (Å²) in [6.45, 7) is 1.42. The number of anilines is 1. The van der Waals surface area contributed by atoms with Gasteiger partial charge in [-0.1, -0.05) is 11.6 Å². The molecule has 5 nitrogen and oxygen atoms in total. The van der Waals surface area contributed by atoms with Crippen LogP contribution in [0.2, 0.25) is 5.02 Å². The Morgan fingerprint density at radius 1 is 1.46 bits per heavy atom. The fourth-order valence-electron chi connectivity index (χ4n) is 2.18. The van der Waals surface area contributed by atoms with Gasteiger partial charge in [-0.05, 0) is 12.5 Å². The summed E-state index contributed by atoms with van der Waals surface area (Å²) in [7, 11) is 0. The average Bonchev–Trinajstić information content (AvgIpc) is 2.86. The van der Waals surface area contributed by atoms with Crippen LogP contribution in [0.15, 0.2) is 12.3 Å². The van der Waals surface area contributed by atoms with E-state index in [0.29, 0.717) is 19.3 Å². The van der Waals surface area contributed by atoms with E-state index in [0.717, 1.165) is 12.5 Å². The number of hydrogen-bond donors (Lipinski definition) is 2. The van der Waals surface area contributed by atoms with Crippen LogP contribution in [0.25, 0.3) is 0 Å². The fourth-order valence-corrected chi connectivity index (χ4v) is 2.42. The van der Waals surface area contributed by atoms with Gasteiger partial charge in [0.15, 0.2) is 0 Å². The van der Waals surface area contributed by atoms with Gasteiger partial charge in [0.2, 0.25) is 5.91 Å². The molecular formula is C13H18Cl3F3N4O. The first-order valence-electron chi connectivity index (χ1n) is 6.77. The quantitative estimate of drug-likeness (QED) is 0.802. The van der Waals surface area contributed by atoms with Crippen LogP contribution in [0.3, 0.4) is 0 Å². The third-order valence-electron chi connectivity index (χ3n) is 3.38. The molecular weight excluding hydrogens is 392 g/mol. The van der Waals surface area contributed by atoms with Crippen molar-refractivity contribution in [3.8, 4) is 0 Å². The highest BCUT2D eigenvalue weighted by atomic mass is 35.5. The molecule has 1 atom stereocenters. The van der Waals surface area contributed by atoms with Gasteiger partial charge < -0.3 is 16.0 Å². The Kier molecular flexibility index (Phi) is 9.12. The molecule has 0 bridgehead atoms. The molecule has 1 aliphatic rings. The van der Waals surface area contributed by atoms with Gasteiger partial charge >= 0.3 is 6.18 Å². The van der Waals surface area contributed by atoms with Crippen LogP contribution < -0.4 is 11.1 Å². The normalized spacial score (nSPS) is 17.0. The van der Waals surface area contributed by atoms with Crippen LogP contribution >= 0.6 is 36.4 Å². The number of carbonyl (C=O) groups is 1. The molecule has 3 N–H and O–H groups in total. The predicted molar refractivity (Wildman–Crippen MR) is 91.0 cm³/mol. The van der Waals surface area contributed by atoms with Crippen LogP contribution in [0.1, 0.15) is 18.4 Å². The molecule has 0 spiro atoms. The summed E-state index contributed by atoms with van der Waals surface area (Å²) in [5, 5.41) is 2.63. The second kappa shape index (κ2) is 9.50. The molecule has 1 saturated heterocycles. The largest absolute Gasteiger partial charge is 0.417 e. The van der Waals surface area contributed by atoms with Crippen LogP contribution in [0.4, 0.5) is 19.0 Å². The lowest BCUT2D eigenvalue weighted by Gasteiger charge is -2.16. The summed E-state index contributed by atoms with van der Waals surface area (Å²) in [6, 6.07) is 0.820. The molecule has 0 radical (unpaired) electrons. The summed E-state index contributed by atoms with van der Waals surface area (Å²) in [5.74, 6) is 0.0732. The molecule has 1 aromatic rings. The van der Waals surface area contributed by atoms with E-state index in [2.05, 4.69) is 10.3 Å². The molecule has 0 saturated carbocycles. The Hall–Kier alpha value is -0.960. The van der Waals surface area contributed by atoms with Crippen molar-refractivity contribution >= 4 is 48.1 Å². The Bertz CT molecular complexity index is 560. The zero-order valence-electron chi connectivity index (χ0n) is 12.5. The summed E-state index contributed by atoms with van der Waals surface area (Å²) in [4.78, 5) is 17.2. The number of likely N-dealkylation sites (tertiary alicyclic amines) is 1. The van der Waals surface area contributed by atoms with Crippen molar-refractivity contribution in [2.75, 3.05) is 25.0 Å². The van der Waals surface area contributed by atoms with E-state index in [1.807, 2.05) is 0 Å². The molecule has 0 unspecified atom stereocenters. The van der Waals surface area contributed by atoms with E-state index >= 15 is 0 Å². The lowest BCUT2D eigenvalue weighted by Crippen LogP contribution is -2.32. The first-order chi connectivity index (χ1) is 10.3. The van der Waals surface area contributed by atoms with Gasteiger partial charge in [0, 0.05) is 38.3 Å². The summed E-state index contributed by atoms with van der Waals surface area (Å²) in [6.07, 6.45) is -2.80. The predicted octanol–water partition coefficient (Wildman–Crippen LogP) is 2.96. The van der Waals surface area contributed by atoms with E-state index in [-0.39, 0.29) is 60.6 Å². The third kappa shape index (κ3) is 6.16. The molecule has 1 amide bonds. The van der Waals surface area contributed by atoms with Crippen molar-refractivity contribution in [2.24, 2.45) is 5.73 Å². The molecule has 0 aromatic carbocycles. The number of nitrogens with two attached hydrogens (primary N) is 1. The van der Waals surface area contributed by atoms with E-state index in [1.165, 1.54) is 0 Å². The molecule has 11 heteroatoms. The number of nitrogens with one attached hydrogen (secondary N) is 1. The number of alkyl halides is 3. The number of halogens is 6. The van der Waals surface area contributed by atoms with Gasteiger partial charge in [-0.15, -0.1) is 24.8 Å². The van der Waals surface area contributed by atoms with Gasteiger partial charge in [0.1, 0.15) is 5.82 Å². The minimum Gasteiger partial charge on any atom is -0.368 e. The molecule has 2 rings (SSSR count). The van der Waals surface area contributed by atoms with Gasteiger partial charge in [-0.25, -0.2) is 4.98 Å². The van der Waals surface area contributed by atoms with E-state index in [4.69, 9.17) is 17.3 Å². The van der Waals surface area contributed by atoms with Crippen LogP contribution in [-0.4, -0.2) is 41.5 Å². The maximum atomic E-state index is 12.5. The lowest BCUT2D eigenvalue weighted by atomic mass is 10.2. The first-order valence-corrected chi connectivity index (χ1v) is 7.15. The smallest absolute Gasteiger partial charge is 0.368 e. The average molecular weight is 410 g/mol. The standard InChI is InChI=1S/C13H16ClF3N4O.2ClH/c14-10-5-8(13(15,16)17)6-20-12(10)19-3-1-11(22)21-4-2-9(18)7-21;;/h5-6,9H,1-4,7,18H2,(H,19,20);2*1H/t9-;;/m0../s1. The molecule has 24 heavy (non-hydrogen) atoms. The minimum atomic E-state index is -4.49. The topological polar surface area (TPSA) is 71.2 Å². The van der Waals surface area contributed by atoms with Crippen molar-refractivity contribution in [3.63, 3.8) is 0 Å². The molecule has 138 valence electrons. The number of pyridine rings is 1. The third-order valence-corrected chi connectivity index (χ3v) is 3.67. The maximum absolute atomic E-state index is 12.5. The highest BCUT2D eigenvalue weighted by Gasteiger charge is 2.31. The maximum Gasteiger partial charge on any atom is 0.417 e. The van der Waals surface area contributed by atoms with E-state index < -0.39 is 11.7 Å². The number of nitrogens with zero attached hydrogens (tertiary/aromatic N) is 2. The van der Waals surface area contributed by atoms with E-state index in [9.17, 15) is 18.0 Å². The van der Waals surface area contributed by atoms with Crippen LogP contribution in [0.5, 0.6) is 0 Å². The summed E-state index contributed by atoms with van der Waals surface area (Å²) in [5.41, 5.74) is 4.81. The van der Waals surface area contributed by atoms with Crippen LogP contribution in [-0.2, 0) is 11.0 Å².